The molecular weight excluding hydrogens is 360 g/mol. The number of benzene rings is 2. The quantitative estimate of drug-likeness (QED) is 0.328. The molecule has 0 saturated carbocycles. The van der Waals surface area contributed by atoms with Gasteiger partial charge >= 0.3 is 0 Å². The summed E-state index contributed by atoms with van der Waals surface area (Å²) >= 11 is 0. The molecule has 1 atom stereocenters. The maximum absolute atomic E-state index is 2.53. The molecule has 0 spiro atoms. The minimum absolute atomic E-state index is 0.907. The Labute approximate surface area is 185 Å². The van der Waals surface area contributed by atoms with Crippen molar-refractivity contribution in [2.75, 3.05) is 0 Å². The molecule has 0 bridgehead atoms. The van der Waals surface area contributed by atoms with E-state index >= 15 is 0 Å². The van der Waals surface area contributed by atoms with Gasteiger partial charge in [0.2, 0.25) is 0 Å². The SMILES string of the molecule is CCCCCc1ccc(-c2ccc(C3=CCC(CCC(CC)CC)CC3)cc2)cc1. The predicted molar refractivity (Wildman–Crippen MR) is 134 cm³/mol. The summed E-state index contributed by atoms with van der Waals surface area (Å²) < 4.78 is 0. The van der Waals surface area contributed by atoms with E-state index in [1.165, 1.54) is 92.9 Å². The second-order valence-electron chi connectivity index (χ2n) is 9.36. The largest absolute Gasteiger partial charge is 0.0804 e. The van der Waals surface area contributed by atoms with Gasteiger partial charge in [-0.3, -0.25) is 0 Å². The minimum Gasteiger partial charge on any atom is -0.0804 e. The lowest BCUT2D eigenvalue weighted by atomic mass is 9.82. The fourth-order valence-corrected chi connectivity index (χ4v) is 4.90. The summed E-state index contributed by atoms with van der Waals surface area (Å²) in [5, 5.41) is 0. The molecule has 0 aromatic heterocycles. The van der Waals surface area contributed by atoms with Crippen LogP contribution in [0.2, 0.25) is 0 Å². The van der Waals surface area contributed by atoms with Crippen molar-refractivity contribution in [3.8, 4) is 11.1 Å². The van der Waals surface area contributed by atoms with Crippen LogP contribution in [0.5, 0.6) is 0 Å². The van der Waals surface area contributed by atoms with Crippen molar-refractivity contribution in [1.29, 1.82) is 0 Å². The second-order valence-corrected chi connectivity index (χ2v) is 9.36. The van der Waals surface area contributed by atoms with Gasteiger partial charge in [0.15, 0.2) is 0 Å². The summed E-state index contributed by atoms with van der Waals surface area (Å²) in [5.74, 6) is 1.85. The number of allylic oxidation sites excluding steroid dienone is 2. The van der Waals surface area contributed by atoms with Crippen LogP contribution in [-0.2, 0) is 6.42 Å². The lowest BCUT2D eigenvalue weighted by Crippen LogP contribution is -2.08. The maximum Gasteiger partial charge on any atom is -0.0184 e. The van der Waals surface area contributed by atoms with Gasteiger partial charge in [-0.15, -0.1) is 0 Å². The number of hydrogen-bond acceptors (Lipinski definition) is 0. The molecule has 0 fully saturated rings. The van der Waals surface area contributed by atoms with Crippen LogP contribution >= 0.6 is 0 Å². The monoisotopic (exact) mass is 402 g/mol. The van der Waals surface area contributed by atoms with Crippen molar-refractivity contribution in [3.05, 3.63) is 65.7 Å². The van der Waals surface area contributed by atoms with E-state index in [4.69, 9.17) is 0 Å². The summed E-state index contributed by atoms with van der Waals surface area (Å²) in [4.78, 5) is 0. The first-order valence-electron chi connectivity index (χ1n) is 12.6. The molecule has 2 aromatic carbocycles. The van der Waals surface area contributed by atoms with E-state index in [1.807, 2.05) is 0 Å². The Bertz CT molecular complexity index is 759. The Morgan fingerprint density at radius 3 is 2.00 bits per heavy atom. The number of unbranched alkanes of at least 4 members (excludes halogenated alkanes) is 2. The minimum atomic E-state index is 0.907. The van der Waals surface area contributed by atoms with Crippen molar-refractivity contribution in [1.82, 2.24) is 0 Å². The Hall–Kier alpha value is -1.82. The first-order chi connectivity index (χ1) is 14.7. The van der Waals surface area contributed by atoms with E-state index in [-0.39, 0.29) is 0 Å². The highest BCUT2D eigenvalue weighted by atomic mass is 14.2. The predicted octanol–water partition coefficient (Wildman–Crippen LogP) is 9.49. The van der Waals surface area contributed by atoms with Gasteiger partial charge in [-0.2, -0.15) is 0 Å². The van der Waals surface area contributed by atoms with Crippen molar-refractivity contribution in [2.24, 2.45) is 11.8 Å². The van der Waals surface area contributed by atoms with Gasteiger partial charge in [0.1, 0.15) is 0 Å². The van der Waals surface area contributed by atoms with Crippen molar-refractivity contribution < 1.29 is 0 Å². The highest BCUT2D eigenvalue weighted by molar-refractivity contribution is 5.71. The highest BCUT2D eigenvalue weighted by Crippen LogP contribution is 2.34. The number of rotatable bonds is 11. The Morgan fingerprint density at radius 1 is 0.800 bits per heavy atom. The molecule has 0 N–H and O–H groups in total. The first kappa shape index (κ1) is 22.9. The summed E-state index contributed by atoms with van der Waals surface area (Å²) in [6.45, 7) is 6.96. The number of aryl methyl sites for hydroxylation is 1. The molecule has 0 aliphatic heterocycles. The molecule has 0 nitrogen and oxygen atoms in total. The average Bonchev–Trinajstić information content (AvgIpc) is 2.81. The lowest BCUT2D eigenvalue weighted by Gasteiger charge is -2.24. The zero-order chi connectivity index (χ0) is 21.2. The fourth-order valence-electron chi connectivity index (χ4n) is 4.90. The van der Waals surface area contributed by atoms with Gasteiger partial charge < -0.3 is 0 Å². The van der Waals surface area contributed by atoms with E-state index in [2.05, 4.69) is 75.4 Å². The van der Waals surface area contributed by atoms with Gasteiger partial charge in [-0.05, 0) is 78.2 Å². The Kier molecular flexibility index (Phi) is 9.25. The summed E-state index contributed by atoms with van der Waals surface area (Å²) in [7, 11) is 0. The second kappa shape index (κ2) is 12.1. The molecule has 3 rings (SSSR count). The van der Waals surface area contributed by atoms with Crippen LogP contribution in [0, 0.1) is 11.8 Å². The smallest absolute Gasteiger partial charge is 0.0184 e. The molecule has 30 heavy (non-hydrogen) atoms. The molecule has 0 amide bonds. The molecular formula is C30H42. The van der Waals surface area contributed by atoms with Gasteiger partial charge in [0, 0.05) is 0 Å². The van der Waals surface area contributed by atoms with Crippen LogP contribution in [0.25, 0.3) is 16.7 Å². The molecule has 1 aliphatic carbocycles. The van der Waals surface area contributed by atoms with Crippen LogP contribution in [-0.4, -0.2) is 0 Å². The van der Waals surface area contributed by atoms with E-state index in [1.54, 1.807) is 5.57 Å². The molecule has 1 unspecified atom stereocenters. The van der Waals surface area contributed by atoms with E-state index < -0.39 is 0 Å². The van der Waals surface area contributed by atoms with Crippen LogP contribution < -0.4 is 0 Å². The Balaban J connectivity index is 1.54. The van der Waals surface area contributed by atoms with Crippen LogP contribution in [0.15, 0.2) is 54.6 Å². The van der Waals surface area contributed by atoms with E-state index in [0.717, 1.165) is 11.8 Å². The summed E-state index contributed by atoms with van der Waals surface area (Å²) in [6.07, 6.45) is 17.1. The molecule has 2 aromatic rings. The third kappa shape index (κ3) is 6.59. The van der Waals surface area contributed by atoms with Gasteiger partial charge in [0.25, 0.3) is 0 Å². The van der Waals surface area contributed by atoms with Crippen molar-refractivity contribution in [3.63, 3.8) is 0 Å². The molecule has 1 aliphatic rings. The molecule has 0 saturated heterocycles. The van der Waals surface area contributed by atoms with Gasteiger partial charge in [-0.1, -0.05) is 107 Å². The first-order valence-corrected chi connectivity index (χ1v) is 12.6. The third-order valence-corrected chi connectivity index (χ3v) is 7.27. The van der Waals surface area contributed by atoms with Gasteiger partial charge in [0.05, 0.1) is 0 Å². The van der Waals surface area contributed by atoms with E-state index in [9.17, 15) is 0 Å². The normalized spacial score (nSPS) is 16.7. The highest BCUT2D eigenvalue weighted by Gasteiger charge is 2.17. The topological polar surface area (TPSA) is 0 Å². The van der Waals surface area contributed by atoms with Crippen LogP contribution in [0.1, 0.15) is 96.1 Å². The fraction of sp³-hybridized carbons (Fsp3) is 0.533. The maximum atomic E-state index is 2.53. The molecule has 0 radical (unpaired) electrons. The Morgan fingerprint density at radius 2 is 1.43 bits per heavy atom. The summed E-state index contributed by atoms with van der Waals surface area (Å²) in [6, 6.07) is 18.5. The number of hydrogen-bond donors (Lipinski definition) is 0. The van der Waals surface area contributed by atoms with Crippen molar-refractivity contribution >= 4 is 5.57 Å². The lowest BCUT2D eigenvalue weighted by molar-refractivity contribution is 0.361. The standard InChI is InChI=1S/C30H42/c1-4-7-8-9-25-12-16-27(17-13-25)29-20-22-30(23-21-29)28-18-14-26(15-19-28)11-10-24(5-2)6-3/h12-13,16-18,20-24,26H,4-11,14-15,19H2,1-3H3. The third-order valence-electron chi connectivity index (χ3n) is 7.27. The average molecular weight is 403 g/mol. The van der Waals surface area contributed by atoms with Crippen LogP contribution in [0.4, 0.5) is 0 Å². The zero-order valence-electron chi connectivity index (χ0n) is 19.6. The summed E-state index contributed by atoms with van der Waals surface area (Å²) in [5.41, 5.74) is 7.12. The molecule has 162 valence electrons. The molecule has 0 heteroatoms. The molecule has 0 heterocycles. The van der Waals surface area contributed by atoms with Crippen molar-refractivity contribution in [2.45, 2.75) is 91.4 Å². The van der Waals surface area contributed by atoms with Gasteiger partial charge in [-0.25, -0.2) is 0 Å². The van der Waals surface area contributed by atoms with E-state index in [0.29, 0.717) is 0 Å². The van der Waals surface area contributed by atoms with Crippen LogP contribution in [0.3, 0.4) is 0 Å². The zero-order valence-corrected chi connectivity index (χ0v) is 19.6.